The topological polar surface area (TPSA) is 46.8 Å². The molecule has 2 aromatic rings. The molecule has 0 aromatic carbocycles. The molecule has 0 spiro atoms. The summed E-state index contributed by atoms with van der Waals surface area (Å²) in [7, 11) is 0. The molecule has 1 atom stereocenters. The maximum atomic E-state index is 12.0. The van der Waals surface area contributed by atoms with Gasteiger partial charge in [-0.2, -0.15) is 0 Å². The summed E-state index contributed by atoms with van der Waals surface area (Å²) >= 11 is 5.98. The highest BCUT2D eigenvalue weighted by Crippen LogP contribution is 2.21. The lowest BCUT2D eigenvalue weighted by Gasteiger charge is -2.21. The van der Waals surface area contributed by atoms with Crippen molar-refractivity contribution < 1.29 is 9.53 Å². The minimum atomic E-state index is -0.140. The van der Waals surface area contributed by atoms with Crippen LogP contribution in [0.4, 0.5) is 0 Å². The number of imidazole rings is 1. The predicted molar refractivity (Wildman–Crippen MR) is 80.3 cm³/mol. The molecule has 0 bridgehead atoms. The Hall–Kier alpha value is -1.59. The van der Waals surface area contributed by atoms with Gasteiger partial charge in [0.05, 0.1) is 17.3 Å². The number of halogens is 1. The van der Waals surface area contributed by atoms with Gasteiger partial charge >= 0.3 is 5.97 Å². The Balaban J connectivity index is 1.76. The Kier molecular flexibility index (Phi) is 4.12. The number of rotatable bonds is 4. The molecule has 0 saturated carbocycles. The molecular weight excluding hydrogens is 290 g/mol. The van der Waals surface area contributed by atoms with Crippen molar-refractivity contribution in [2.24, 2.45) is 0 Å². The number of likely N-dealkylation sites (tertiary alicyclic amines) is 1. The molecule has 2 aromatic heterocycles. The third kappa shape index (κ3) is 3.04. The van der Waals surface area contributed by atoms with E-state index in [1.165, 1.54) is 0 Å². The third-order valence-corrected chi connectivity index (χ3v) is 3.98. The molecular formula is C15H18ClN3O2. The van der Waals surface area contributed by atoms with E-state index in [1.54, 1.807) is 0 Å². The van der Waals surface area contributed by atoms with Crippen LogP contribution in [0.15, 0.2) is 24.5 Å². The highest BCUT2D eigenvalue weighted by molar-refractivity contribution is 6.30. The van der Waals surface area contributed by atoms with Crippen LogP contribution in [0.1, 0.15) is 25.5 Å². The molecule has 5 nitrogen and oxygen atoms in total. The van der Waals surface area contributed by atoms with Crippen LogP contribution in [-0.2, 0) is 16.1 Å². The van der Waals surface area contributed by atoms with E-state index < -0.39 is 0 Å². The van der Waals surface area contributed by atoms with Crippen molar-refractivity contribution in [3.8, 4) is 0 Å². The number of aromatic nitrogens is 2. The lowest BCUT2D eigenvalue weighted by Crippen LogP contribution is -2.36. The fourth-order valence-corrected chi connectivity index (χ4v) is 2.99. The summed E-state index contributed by atoms with van der Waals surface area (Å²) in [5.74, 6) is -0.123. The molecule has 3 rings (SSSR count). The van der Waals surface area contributed by atoms with Crippen LogP contribution in [0.5, 0.6) is 0 Å². The number of carbonyl (C=O) groups is 1. The number of hydrogen-bond acceptors (Lipinski definition) is 4. The van der Waals surface area contributed by atoms with E-state index in [9.17, 15) is 4.79 Å². The lowest BCUT2D eigenvalue weighted by atomic mass is 10.2. The smallest absolute Gasteiger partial charge is 0.323 e. The average molecular weight is 308 g/mol. The summed E-state index contributed by atoms with van der Waals surface area (Å²) in [4.78, 5) is 18.7. The number of ether oxygens (including phenoxy) is 1. The third-order valence-electron chi connectivity index (χ3n) is 3.75. The van der Waals surface area contributed by atoms with Gasteiger partial charge in [-0.15, -0.1) is 0 Å². The zero-order valence-electron chi connectivity index (χ0n) is 12.0. The maximum Gasteiger partial charge on any atom is 0.323 e. The number of carbonyl (C=O) groups excluding carboxylic acids is 1. The van der Waals surface area contributed by atoms with Crippen LogP contribution in [0, 0.1) is 0 Å². The Morgan fingerprint density at radius 2 is 2.33 bits per heavy atom. The summed E-state index contributed by atoms with van der Waals surface area (Å²) in [6.07, 6.45) is 5.67. The van der Waals surface area contributed by atoms with Crippen LogP contribution < -0.4 is 0 Å². The Labute approximate surface area is 128 Å². The second-order valence-corrected chi connectivity index (χ2v) is 5.66. The second-order valence-electron chi connectivity index (χ2n) is 5.23. The molecule has 21 heavy (non-hydrogen) atoms. The second kappa shape index (κ2) is 6.03. The summed E-state index contributed by atoms with van der Waals surface area (Å²) < 4.78 is 7.05. The monoisotopic (exact) mass is 307 g/mol. The molecule has 112 valence electrons. The Morgan fingerprint density at radius 3 is 3.14 bits per heavy atom. The van der Waals surface area contributed by atoms with Crippen molar-refractivity contribution in [2.75, 3.05) is 13.2 Å². The highest BCUT2D eigenvalue weighted by atomic mass is 35.5. The number of nitrogens with zero attached hydrogens (tertiary/aromatic N) is 3. The first-order valence-corrected chi connectivity index (χ1v) is 7.59. The molecule has 1 aliphatic rings. The number of pyridine rings is 1. The first kappa shape index (κ1) is 14.4. The average Bonchev–Trinajstić information content (AvgIpc) is 3.05. The number of fused-ring (bicyclic) bond motifs is 1. The molecule has 3 heterocycles. The van der Waals surface area contributed by atoms with E-state index in [1.807, 2.05) is 35.9 Å². The van der Waals surface area contributed by atoms with Gasteiger partial charge < -0.3 is 9.14 Å². The van der Waals surface area contributed by atoms with Gasteiger partial charge in [-0.3, -0.25) is 9.69 Å². The zero-order valence-corrected chi connectivity index (χ0v) is 12.7. The van der Waals surface area contributed by atoms with Crippen molar-refractivity contribution in [1.82, 2.24) is 14.3 Å². The minimum Gasteiger partial charge on any atom is -0.465 e. The molecule has 1 unspecified atom stereocenters. The largest absolute Gasteiger partial charge is 0.465 e. The number of hydrogen-bond donors (Lipinski definition) is 0. The highest BCUT2D eigenvalue weighted by Gasteiger charge is 2.32. The zero-order chi connectivity index (χ0) is 14.8. The fraction of sp³-hybridized carbons (Fsp3) is 0.467. The maximum absolute atomic E-state index is 12.0. The molecule has 1 fully saturated rings. The normalized spacial score (nSPS) is 19.2. The van der Waals surface area contributed by atoms with E-state index >= 15 is 0 Å². The summed E-state index contributed by atoms with van der Waals surface area (Å²) in [5.41, 5.74) is 1.80. The van der Waals surface area contributed by atoms with Crippen LogP contribution in [-0.4, -0.2) is 39.4 Å². The minimum absolute atomic E-state index is 0.123. The molecule has 0 N–H and O–H groups in total. The Morgan fingerprint density at radius 1 is 1.48 bits per heavy atom. The van der Waals surface area contributed by atoms with Crippen LogP contribution in [0.2, 0.25) is 5.02 Å². The van der Waals surface area contributed by atoms with Crippen LogP contribution >= 0.6 is 11.6 Å². The van der Waals surface area contributed by atoms with Crippen molar-refractivity contribution in [1.29, 1.82) is 0 Å². The van der Waals surface area contributed by atoms with Crippen molar-refractivity contribution in [3.05, 3.63) is 35.2 Å². The van der Waals surface area contributed by atoms with Gasteiger partial charge in [0.15, 0.2) is 0 Å². The van der Waals surface area contributed by atoms with Crippen molar-refractivity contribution in [2.45, 2.75) is 32.4 Å². The first-order valence-electron chi connectivity index (χ1n) is 7.21. The van der Waals surface area contributed by atoms with Gasteiger partial charge in [-0.05, 0) is 38.4 Å². The Bertz CT molecular complexity index is 655. The van der Waals surface area contributed by atoms with Gasteiger partial charge in [0.2, 0.25) is 0 Å². The summed E-state index contributed by atoms with van der Waals surface area (Å²) in [6.45, 7) is 3.82. The van der Waals surface area contributed by atoms with E-state index in [2.05, 4.69) is 9.88 Å². The molecule has 0 radical (unpaired) electrons. The molecule has 0 aliphatic carbocycles. The fourth-order valence-electron chi connectivity index (χ4n) is 2.82. The quantitative estimate of drug-likeness (QED) is 0.814. The SMILES string of the molecule is CCOC(=O)C1CCCN1Cc1cn2cc(Cl)ccc2n1. The summed E-state index contributed by atoms with van der Waals surface area (Å²) in [5, 5.41) is 0.678. The van der Waals surface area contributed by atoms with Crippen LogP contribution in [0.3, 0.4) is 0 Å². The van der Waals surface area contributed by atoms with E-state index in [0.717, 1.165) is 30.7 Å². The van der Waals surface area contributed by atoms with E-state index in [4.69, 9.17) is 16.3 Å². The molecule has 1 saturated heterocycles. The van der Waals surface area contributed by atoms with E-state index in [-0.39, 0.29) is 12.0 Å². The summed E-state index contributed by atoms with van der Waals surface area (Å²) in [6, 6.07) is 3.57. The van der Waals surface area contributed by atoms with Gasteiger partial charge in [-0.25, -0.2) is 4.98 Å². The van der Waals surface area contributed by atoms with Crippen LogP contribution in [0.25, 0.3) is 5.65 Å². The lowest BCUT2D eigenvalue weighted by molar-refractivity contribution is -0.148. The van der Waals surface area contributed by atoms with Gasteiger partial charge in [0.25, 0.3) is 0 Å². The molecule has 6 heteroatoms. The van der Waals surface area contributed by atoms with Crippen molar-refractivity contribution in [3.63, 3.8) is 0 Å². The van der Waals surface area contributed by atoms with Gasteiger partial charge in [-0.1, -0.05) is 11.6 Å². The first-order chi connectivity index (χ1) is 10.2. The predicted octanol–water partition coefficient (Wildman–Crippen LogP) is 2.52. The van der Waals surface area contributed by atoms with Crippen molar-refractivity contribution >= 4 is 23.2 Å². The van der Waals surface area contributed by atoms with Gasteiger partial charge in [0, 0.05) is 18.9 Å². The molecule has 0 amide bonds. The molecule has 1 aliphatic heterocycles. The van der Waals surface area contributed by atoms with E-state index in [0.29, 0.717) is 18.2 Å². The number of esters is 1. The standard InChI is InChI=1S/C15H18ClN3O2/c1-2-21-15(20)13-4-3-7-18(13)9-12-10-19-8-11(16)5-6-14(19)17-12/h5-6,8,10,13H,2-4,7,9H2,1H3. The van der Waals surface area contributed by atoms with Gasteiger partial charge in [0.1, 0.15) is 11.7 Å².